The first-order valence-electron chi connectivity index (χ1n) is 8.94. The van der Waals surface area contributed by atoms with Crippen LogP contribution in [0.25, 0.3) is 21.1 Å². The summed E-state index contributed by atoms with van der Waals surface area (Å²) in [4.78, 5) is 23.1. The van der Waals surface area contributed by atoms with Crippen LogP contribution in [0.2, 0.25) is 0 Å². The first kappa shape index (κ1) is 19.8. The van der Waals surface area contributed by atoms with Crippen molar-refractivity contribution in [1.82, 2.24) is 9.97 Å². The van der Waals surface area contributed by atoms with E-state index in [9.17, 15) is 4.79 Å². The standard InChI is InChI=1S/C21H19N3O2S3/c1-13(20(25)22-14-7-3-4-8-15(14)26-2)29-21-23-18(16-9-5-11-27-16)19(24-21)17-10-6-12-28-17/h3-13H,1-2H3,(H,22,25)(H,23,24)/t13-/m1/s1. The smallest absolute Gasteiger partial charge is 0.237 e. The second kappa shape index (κ2) is 8.86. The van der Waals surface area contributed by atoms with Crippen molar-refractivity contribution in [2.75, 3.05) is 12.4 Å². The maximum Gasteiger partial charge on any atom is 0.237 e. The Morgan fingerprint density at radius 2 is 1.83 bits per heavy atom. The Labute approximate surface area is 181 Å². The number of carbonyl (C=O) groups excluding carboxylic acids is 1. The Morgan fingerprint density at radius 3 is 2.52 bits per heavy atom. The molecule has 1 atom stereocenters. The fourth-order valence-corrected chi connectivity index (χ4v) is 5.05. The number of H-pyrrole nitrogens is 1. The lowest BCUT2D eigenvalue weighted by Gasteiger charge is -2.13. The van der Waals surface area contributed by atoms with Gasteiger partial charge in [-0.3, -0.25) is 4.79 Å². The molecule has 3 heterocycles. The lowest BCUT2D eigenvalue weighted by Crippen LogP contribution is -2.22. The molecule has 0 bridgehead atoms. The highest BCUT2D eigenvalue weighted by atomic mass is 32.2. The van der Waals surface area contributed by atoms with Gasteiger partial charge in [-0.15, -0.1) is 22.7 Å². The molecule has 0 unspecified atom stereocenters. The molecule has 0 saturated heterocycles. The van der Waals surface area contributed by atoms with Gasteiger partial charge in [-0.1, -0.05) is 36.0 Å². The summed E-state index contributed by atoms with van der Waals surface area (Å²) in [5.74, 6) is 0.530. The second-order valence-electron chi connectivity index (χ2n) is 6.17. The molecule has 0 aliphatic rings. The number of hydrogen-bond acceptors (Lipinski definition) is 6. The van der Waals surface area contributed by atoms with Gasteiger partial charge in [-0.2, -0.15) is 0 Å². The van der Waals surface area contributed by atoms with E-state index in [1.54, 1.807) is 29.8 Å². The number of thioether (sulfide) groups is 1. The summed E-state index contributed by atoms with van der Waals surface area (Å²) in [6, 6.07) is 15.5. The summed E-state index contributed by atoms with van der Waals surface area (Å²) in [5.41, 5.74) is 2.56. The Bertz CT molecular complexity index is 1040. The van der Waals surface area contributed by atoms with Crippen molar-refractivity contribution in [3.63, 3.8) is 0 Å². The molecule has 4 rings (SSSR count). The van der Waals surface area contributed by atoms with Crippen LogP contribution in [0.5, 0.6) is 5.75 Å². The van der Waals surface area contributed by atoms with Gasteiger partial charge < -0.3 is 15.0 Å². The number of para-hydroxylation sites is 2. The summed E-state index contributed by atoms with van der Waals surface area (Å²) < 4.78 is 5.31. The van der Waals surface area contributed by atoms with E-state index in [0.717, 1.165) is 26.3 Å². The van der Waals surface area contributed by atoms with Crippen LogP contribution in [0, 0.1) is 0 Å². The second-order valence-corrected chi connectivity index (χ2v) is 9.39. The van der Waals surface area contributed by atoms with Gasteiger partial charge in [0.25, 0.3) is 0 Å². The zero-order chi connectivity index (χ0) is 20.2. The lowest BCUT2D eigenvalue weighted by atomic mass is 10.2. The number of aromatic nitrogens is 2. The molecule has 0 radical (unpaired) electrons. The zero-order valence-corrected chi connectivity index (χ0v) is 18.3. The first-order chi connectivity index (χ1) is 14.2. The molecule has 4 aromatic rings. The van der Waals surface area contributed by atoms with Crippen LogP contribution in [0.15, 0.2) is 64.4 Å². The largest absolute Gasteiger partial charge is 0.495 e. The Morgan fingerprint density at radius 1 is 1.10 bits per heavy atom. The van der Waals surface area contributed by atoms with Gasteiger partial charge in [0.15, 0.2) is 5.16 Å². The summed E-state index contributed by atoms with van der Waals surface area (Å²) in [5, 5.41) is 7.41. The number of rotatable bonds is 7. The summed E-state index contributed by atoms with van der Waals surface area (Å²) >= 11 is 4.72. The minimum Gasteiger partial charge on any atom is -0.495 e. The summed E-state index contributed by atoms with van der Waals surface area (Å²) in [6.07, 6.45) is 0. The van der Waals surface area contributed by atoms with E-state index < -0.39 is 0 Å². The molecular weight excluding hydrogens is 422 g/mol. The molecule has 0 spiro atoms. The summed E-state index contributed by atoms with van der Waals surface area (Å²) in [7, 11) is 1.59. The third-order valence-electron chi connectivity index (χ3n) is 4.23. The van der Waals surface area contributed by atoms with Crippen LogP contribution < -0.4 is 10.1 Å². The molecule has 0 fully saturated rings. The predicted octanol–water partition coefficient (Wildman–Crippen LogP) is 5.99. The van der Waals surface area contributed by atoms with Gasteiger partial charge >= 0.3 is 0 Å². The van der Waals surface area contributed by atoms with E-state index in [1.165, 1.54) is 11.8 Å². The number of nitrogens with zero attached hydrogens (tertiary/aromatic N) is 1. The molecule has 0 aliphatic heterocycles. The molecule has 148 valence electrons. The van der Waals surface area contributed by atoms with E-state index in [4.69, 9.17) is 9.72 Å². The number of hydrogen-bond donors (Lipinski definition) is 2. The number of ether oxygens (including phenoxy) is 1. The highest BCUT2D eigenvalue weighted by molar-refractivity contribution is 8.00. The van der Waals surface area contributed by atoms with Crippen LogP contribution in [-0.4, -0.2) is 28.2 Å². The lowest BCUT2D eigenvalue weighted by molar-refractivity contribution is -0.115. The predicted molar refractivity (Wildman–Crippen MR) is 122 cm³/mol. The van der Waals surface area contributed by atoms with Crippen molar-refractivity contribution in [1.29, 1.82) is 0 Å². The molecule has 1 aromatic carbocycles. The number of thiophene rings is 2. The van der Waals surface area contributed by atoms with Crippen molar-refractivity contribution < 1.29 is 9.53 Å². The van der Waals surface area contributed by atoms with E-state index in [-0.39, 0.29) is 11.2 Å². The van der Waals surface area contributed by atoms with E-state index in [0.29, 0.717) is 11.4 Å². The Kier molecular flexibility index (Phi) is 6.03. The van der Waals surface area contributed by atoms with E-state index in [1.807, 2.05) is 54.1 Å². The van der Waals surface area contributed by atoms with Crippen molar-refractivity contribution in [2.24, 2.45) is 0 Å². The van der Waals surface area contributed by atoms with Crippen molar-refractivity contribution in [2.45, 2.75) is 17.3 Å². The molecule has 2 N–H and O–H groups in total. The highest BCUT2D eigenvalue weighted by Gasteiger charge is 2.21. The van der Waals surface area contributed by atoms with Crippen molar-refractivity contribution in [3.8, 4) is 26.9 Å². The third kappa shape index (κ3) is 4.39. The fourth-order valence-electron chi connectivity index (χ4n) is 2.80. The molecule has 1 amide bonds. The number of methoxy groups -OCH3 is 1. The number of imidazole rings is 1. The molecule has 0 saturated carbocycles. The van der Waals surface area contributed by atoms with Gasteiger partial charge in [0.05, 0.1) is 33.5 Å². The Hall–Kier alpha value is -2.55. The Balaban J connectivity index is 1.54. The molecule has 3 aromatic heterocycles. The highest BCUT2D eigenvalue weighted by Crippen LogP contribution is 2.37. The third-order valence-corrected chi connectivity index (χ3v) is 6.97. The van der Waals surface area contributed by atoms with Gasteiger partial charge in [0.2, 0.25) is 5.91 Å². The minimum absolute atomic E-state index is 0.105. The van der Waals surface area contributed by atoms with Crippen LogP contribution in [0.1, 0.15) is 6.92 Å². The van der Waals surface area contributed by atoms with Crippen LogP contribution in [-0.2, 0) is 4.79 Å². The molecule has 0 aliphatic carbocycles. The number of anilines is 1. The zero-order valence-electron chi connectivity index (χ0n) is 15.8. The average Bonchev–Trinajstić information content (AvgIpc) is 3.48. The van der Waals surface area contributed by atoms with Gasteiger partial charge in [-0.25, -0.2) is 4.98 Å². The normalized spacial score (nSPS) is 11.9. The SMILES string of the molecule is COc1ccccc1NC(=O)[C@@H](C)Sc1nc(-c2cccs2)c(-c2cccs2)[nH]1. The van der Waals surface area contributed by atoms with Crippen LogP contribution in [0.3, 0.4) is 0 Å². The molecule has 5 nitrogen and oxygen atoms in total. The number of carbonyl (C=O) groups is 1. The number of aromatic amines is 1. The monoisotopic (exact) mass is 441 g/mol. The van der Waals surface area contributed by atoms with Crippen LogP contribution >= 0.6 is 34.4 Å². The minimum atomic E-state index is -0.335. The number of amides is 1. The van der Waals surface area contributed by atoms with E-state index in [2.05, 4.69) is 22.4 Å². The molecule has 29 heavy (non-hydrogen) atoms. The van der Waals surface area contributed by atoms with Gasteiger partial charge in [0.1, 0.15) is 11.4 Å². The topological polar surface area (TPSA) is 67.0 Å². The number of benzene rings is 1. The van der Waals surface area contributed by atoms with Gasteiger partial charge in [0, 0.05) is 0 Å². The molecular formula is C21H19N3O2S3. The molecule has 8 heteroatoms. The van der Waals surface area contributed by atoms with E-state index >= 15 is 0 Å². The van der Waals surface area contributed by atoms with Crippen molar-refractivity contribution in [3.05, 3.63) is 59.3 Å². The maximum atomic E-state index is 12.7. The average molecular weight is 442 g/mol. The van der Waals surface area contributed by atoms with Gasteiger partial charge in [-0.05, 0) is 41.9 Å². The number of nitrogens with one attached hydrogen (secondary N) is 2. The summed E-state index contributed by atoms with van der Waals surface area (Å²) in [6.45, 7) is 1.87. The van der Waals surface area contributed by atoms with Crippen molar-refractivity contribution >= 4 is 46.0 Å². The maximum absolute atomic E-state index is 12.7. The quantitative estimate of drug-likeness (QED) is 0.346. The fraction of sp³-hybridized carbons (Fsp3) is 0.143. The van der Waals surface area contributed by atoms with Crippen LogP contribution in [0.4, 0.5) is 5.69 Å². The first-order valence-corrected chi connectivity index (χ1v) is 11.6.